The molecule has 0 unspecified atom stereocenters. The number of nitrogens with zero attached hydrogens (tertiary/aromatic N) is 2. The summed E-state index contributed by atoms with van der Waals surface area (Å²) in [5.41, 5.74) is -0.130. The summed E-state index contributed by atoms with van der Waals surface area (Å²) < 4.78 is 55.2. The number of amides is 1. The minimum absolute atomic E-state index is 0.207. The maximum Gasteiger partial charge on any atom is 0.403 e. The van der Waals surface area contributed by atoms with Gasteiger partial charge in [-0.3, -0.25) is 4.79 Å². The molecule has 1 aliphatic heterocycles. The summed E-state index contributed by atoms with van der Waals surface area (Å²) in [6, 6.07) is 10.4. The summed E-state index contributed by atoms with van der Waals surface area (Å²) in [6.45, 7) is 3.22. The van der Waals surface area contributed by atoms with E-state index >= 15 is 0 Å². The zero-order valence-corrected chi connectivity index (χ0v) is 17.1. The van der Waals surface area contributed by atoms with Gasteiger partial charge in [-0.1, -0.05) is 29.8 Å². The third-order valence-corrected chi connectivity index (χ3v) is 6.43. The summed E-state index contributed by atoms with van der Waals surface area (Å²) in [4.78, 5) is 16.4. The SMILES string of the molecule is Cc1ccc(Cl)cc1N1CCN(C(=O)[C@]2(C(F)(F)F)C[C@@H]2c2ccc(F)cc2)CC1. The number of carbonyl (C=O) groups is 1. The van der Waals surface area contributed by atoms with Crippen molar-refractivity contribution in [2.45, 2.75) is 25.4 Å². The van der Waals surface area contributed by atoms with Crippen LogP contribution in [0.15, 0.2) is 42.5 Å². The van der Waals surface area contributed by atoms with E-state index in [9.17, 15) is 22.4 Å². The standard InChI is InChI=1S/C22H21ClF4N2O/c1-14-2-5-16(23)12-19(14)28-8-10-29(11-9-28)20(30)21(22(25,26)27)13-18(21)15-3-6-17(24)7-4-15/h2-7,12,18H,8-11,13H2,1H3/t18-,21+/m1/s1. The highest BCUT2D eigenvalue weighted by molar-refractivity contribution is 6.30. The molecule has 3 nitrogen and oxygen atoms in total. The van der Waals surface area contributed by atoms with E-state index < -0.39 is 29.2 Å². The van der Waals surface area contributed by atoms with Gasteiger partial charge in [-0.2, -0.15) is 13.2 Å². The van der Waals surface area contributed by atoms with Crippen molar-refractivity contribution in [3.8, 4) is 0 Å². The Morgan fingerprint density at radius 3 is 2.30 bits per heavy atom. The zero-order valence-electron chi connectivity index (χ0n) is 16.3. The second-order valence-corrected chi connectivity index (χ2v) is 8.42. The van der Waals surface area contributed by atoms with Gasteiger partial charge in [-0.05, 0) is 48.7 Å². The Morgan fingerprint density at radius 2 is 1.70 bits per heavy atom. The highest BCUT2D eigenvalue weighted by atomic mass is 35.5. The lowest BCUT2D eigenvalue weighted by Gasteiger charge is -2.39. The largest absolute Gasteiger partial charge is 0.403 e. The maximum absolute atomic E-state index is 14.0. The highest BCUT2D eigenvalue weighted by Gasteiger charge is 2.76. The van der Waals surface area contributed by atoms with Crippen molar-refractivity contribution in [3.63, 3.8) is 0 Å². The Morgan fingerprint density at radius 1 is 1.07 bits per heavy atom. The topological polar surface area (TPSA) is 23.6 Å². The monoisotopic (exact) mass is 440 g/mol. The number of carbonyl (C=O) groups excluding carboxylic acids is 1. The van der Waals surface area contributed by atoms with Crippen molar-refractivity contribution < 1.29 is 22.4 Å². The molecule has 0 radical (unpaired) electrons. The van der Waals surface area contributed by atoms with Gasteiger partial charge in [-0.25, -0.2) is 4.39 Å². The number of hydrogen-bond acceptors (Lipinski definition) is 2. The van der Waals surface area contributed by atoms with Gasteiger partial charge in [0.1, 0.15) is 5.82 Å². The molecule has 8 heteroatoms. The lowest BCUT2D eigenvalue weighted by atomic mass is 9.96. The molecule has 0 bridgehead atoms. The van der Waals surface area contributed by atoms with Crippen LogP contribution in [0.5, 0.6) is 0 Å². The highest BCUT2D eigenvalue weighted by Crippen LogP contribution is 2.68. The average molecular weight is 441 g/mol. The number of rotatable bonds is 3. The van der Waals surface area contributed by atoms with Crippen molar-refractivity contribution in [2.75, 3.05) is 31.1 Å². The molecule has 1 heterocycles. The normalized spacial score (nSPS) is 24.1. The molecule has 4 rings (SSSR count). The van der Waals surface area contributed by atoms with Crippen LogP contribution < -0.4 is 4.90 Å². The quantitative estimate of drug-likeness (QED) is 0.614. The summed E-state index contributed by atoms with van der Waals surface area (Å²) in [5.74, 6) is -2.37. The number of anilines is 1. The van der Waals surface area contributed by atoms with E-state index in [1.165, 1.54) is 17.0 Å². The molecule has 160 valence electrons. The minimum atomic E-state index is -4.66. The van der Waals surface area contributed by atoms with Crippen molar-refractivity contribution in [3.05, 3.63) is 64.4 Å². The predicted octanol–water partition coefficient (Wildman–Crippen LogP) is 5.17. The van der Waals surface area contributed by atoms with E-state index in [2.05, 4.69) is 0 Å². The van der Waals surface area contributed by atoms with Crippen LogP contribution in [0.1, 0.15) is 23.5 Å². The fraction of sp³-hybridized carbons (Fsp3) is 0.409. The third-order valence-electron chi connectivity index (χ3n) is 6.20. The molecule has 0 aromatic heterocycles. The molecule has 1 amide bonds. The molecule has 2 fully saturated rings. The first-order valence-corrected chi connectivity index (χ1v) is 10.1. The lowest BCUT2D eigenvalue weighted by molar-refractivity contribution is -0.200. The number of piperazine rings is 1. The molecule has 1 saturated heterocycles. The van der Waals surface area contributed by atoms with Crippen LogP contribution in [-0.2, 0) is 4.79 Å². The Bertz CT molecular complexity index is 955. The fourth-order valence-corrected chi connectivity index (χ4v) is 4.55. The van der Waals surface area contributed by atoms with E-state index in [0.29, 0.717) is 23.7 Å². The molecule has 2 aromatic rings. The first-order valence-electron chi connectivity index (χ1n) is 9.76. The van der Waals surface area contributed by atoms with E-state index in [1.807, 2.05) is 24.0 Å². The summed E-state index contributed by atoms with van der Waals surface area (Å²) in [6.07, 6.45) is -4.96. The van der Waals surface area contributed by atoms with Gasteiger partial charge in [0.25, 0.3) is 0 Å². The number of aryl methyl sites for hydroxylation is 1. The van der Waals surface area contributed by atoms with Crippen molar-refractivity contribution in [1.82, 2.24) is 4.90 Å². The van der Waals surface area contributed by atoms with Crippen LogP contribution in [0, 0.1) is 18.2 Å². The summed E-state index contributed by atoms with van der Waals surface area (Å²) in [5, 5.41) is 0.588. The second kappa shape index (κ2) is 7.45. The first kappa shape index (κ1) is 21.0. The van der Waals surface area contributed by atoms with E-state index in [-0.39, 0.29) is 19.5 Å². The van der Waals surface area contributed by atoms with Gasteiger partial charge in [0, 0.05) is 42.8 Å². The van der Waals surface area contributed by atoms with E-state index in [0.717, 1.165) is 23.4 Å². The van der Waals surface area contributed by atoms with Crippen LogP contribution in [0.4, 0.5) is 23.2 Å². The maximum atomic E-state index is 14.0. The average Bonchev–Trinajstić information content (AvgIpc) is 3.47. The second-order valence-electron chi connectivity index (χ2n) is 7.99. The Kier molecular flexibility index (Phi) is 5.21. The lowest BCUT2D eigenvalue weighted by Crippen LogP contribution is -2.53. The van der Waals surface area contributed by atoms with Gasteiger partial charge in [0.05, 0.1) is 0 Å². The zero-order chi connectivity index (χ0) is 21.7. The molecule has 0 N–H and O–H groups in total. The van der Waals surface area contributed by atoms with E-state index in [1.54, 1.807) is 6.07 Å². The molecule has 2 aromatic carbocycles. The van der Waals surface area contributed by atoms with Crippen molar-refractivity contribution >= 4 is 23.2 Å². The molecule has 1 saturated carbocycles. The predicted molar refractivity (Wildman–Crippen MR) is 107 cm³/mol. The van der Waals surface area contributed by atoms with Gasteiger partial charge in [0.2, 0.25) is 5.91 Å². The Labute approximate surface area is 177 Å². The number of halogens is 5. The van der Waals surface area contributed by atoms with Gasteiger partial charge < -0.3 is 9.80 Å². The summed E-state index contributed by atoms with van der Waals surface area (Å²) in [7, 11) is 0. The molecule has 2 atom stereocenters. The Hall–Kier alpha value is -2.28. The first-order chi connectivity index (χ1) is 14.1. The van der Waals surface area contributed by atoms with Crippen molar-refractivity contribution in [1.29, 1.82) is 0 Å². The smallest absolute Gasteiger partial charge is 0.368 e. The molecular formula is C22H21ClF4N2O. The molecular weight excluding hydrogens is 420 g/mol. The van der Waals surface area contributed by atoms with Gasteiger partial charge in [0.15, 0.2) is 5.41 Å². The molecule has 0 spiro atoms. The minimum Gasteiger partial charge on any atom is -0.368 e. The van der Waals surface area contributed by atoms with Crippen LogP contribution in [0.25, 0.3) is 0 Å². The van der Waals surface area contributed by atoms with Crippen LogP contribution in [0.3, 0.4) is 0 Å². The Balaban J connectivity index is 1.51. The van der Waals surface area contributed by atoms with Gasteiger partial charge in [-0.15, -0.1) is 0 Å². The van der Waals surface area contributed by atoms with Crippen molar-refractivity contribution in [2.24, 2.45) is 5.41 Å². The fourth-order valence-electron chi connectivity index (χ4n) is 4.39. The molecule has 30 heavy (non-hydrogen) atoms. The number of hydrogen-bond donors (Lipinski definition) is 0. The molecule has 1 aliphatic carbocycles. The number of alkyl halides is 3. The summed E-state index contributed by atoms with van der Waals surface area (Å²) >= 11 is 6.08. The van der Waals surface area contributed by atoms with Crippen LogP contribution >= 0.6 is 11.6 Å². The van der Waals surface area contributed by atoms with Crippen LogP contribution in [-0.4, -0.2) is 43.2 Å². The molecule has 2 aliphatic rings. The van der Waals surface area contributed by atoms with Crippen LogP contribution in [0.2, 0.25) is 5.02 Å². The third kappa shape index (κ3) is 3.53. The number of benzene rings is 2. The van der Waals surface area contributed by atoms with Gasteiger partial charge >= 0.3 is 6.18 Å². The van der Waals surface area contributed by atoms with E-state index in [4.69, 9.17) is 11.6 Å².